The van der Waals surface area contributed by atoms with E-state index in [0.29, 0.717) is 0 Å². The molecule has 144 valence electrons. The number of anilines is 1. The predicted octanol–water partition coefficient (Wildman–Crippen LogP) is 4.16. The van der Waals surface area contributed by atoms with Crippen LogP contribution in [0.4, 0.5) is 5.69 Å². The van der Waals surface area contributed by atoms with Gasteiger partial charge in [0.2, 0.25) is 5.91 Å². The zero-order valence-corrected chi connectivity index (χ0v) is 16.5. The summed E-state index contributed by atoms with van der Waals surface area (Å²) >= 11 is 0. The molecule has 3 aromatic carbocycles. The summed E-state index contributed by atoms with van der Waals surface area (Å²) in [5, 5.41) is 2.96. The average molecular weight is 382 g/mol. The van der Waals surface area contributed by atoms with Gasteiger partial charge in [-0.05, 0) is 36.4 Å². The Morgan fingerprint density at radius 1 is 0.931 bits per heavy atom. The van der Waals surface area contributed by atoms with E-state index in [-0.39, 0.29) is 12.5 Å². The number of carbonyl (C=O) groups is 1. The molecular formula is C25H22N2O2. The SMILES string of the molecule is CN(C)c1ccc(C#CCNC(=O)C2c3ccccc3Oc3ccccc32)cc1. The molecule has 0 unspecified atom stereocenters. The first-order chi connectivity index (χ1) is 14.1. The van der Waals surface area contributed by atoms with Gasteiger partial charge in [-0.2, -0.15) is 0 Å². The number of rotatable bonds is 3. The summed E-state index contributed by atoms with van der Waals surface area (Å²) in [6.07, 6.45) is 0. The summed E-state index contributed by atoms with van der Waals surface area (Å²) in [7, 11) is 4.01. The highest BCUT2D eigenvalue weighted by Crippen LogP contribution is 2.43. The van der Waals surface area contributed by atoms with Gasteiger partial charge >= 0.3 is 0 Å². The number of ether oxygens (including phenoxy) is 1. The van der Waals surface area contributed by atoms with Crippen molar-refractivity contribution in [2.75, 3.05) is 25.5 Å². The minimum absolute atomic E-state index is 0.0783. The number of nitrogens with zero attached hydrogens (tertiary/aromatic N) is 1. The fourth-order valence-corrected chi connectivity index (χ4v) is 3.41. The summed E-state index contributed by atoms with van der Waals surface area (Å²) in [5.74, 6) is 7.10. The van der Waals surface area contributed by atoms with Crippen LogP contribution in [0.5, 0.6) is 11.5 Å². The topological polar surface area (TPSA) is 41.6 Å². The first kappa shape index (κ1) is 18.6. The number of benzene rings is 3. The van der Waals surface area contributed by atoms with Gasteiger partial charge < -0.3 is 15.0 Å². The summed E-state index contributed by atoms with van der Waals surface area (Å²) in [6, 6.07) is 23.3. The number of fused-ring (bicyclic) bond motifs is 2. The van der Waals surface area contributed by atoms with E-state index >= 15 is 0 Å². The highest BCUT2D eigenvalue weighted by atomic mass is 16.5. The molecule has 4 rings (SSSR count). The molecule has 0 fully saturated rings. The molecule has 1 heterocycles. The Morgan fingerprint density at radius 3 is 2.10 bits per heavy atom. The van der Waals surface area contributed by atoms with E-state index in [1.165, 1.54) is 0 Å². The van der Waals surface area contributed by atoms with Gasteiger partial charge in [0, 0.05) is 36.5 Å². The van der Waals surface area contributed by atoms with Crippen molar-refractivity contribution < 1.29 is 9.53 Å². The maximum Gasteiger partial charge on any atom is 0.233 e. The van der Waals surface area contributed by atoms with Gasteiger partial charge in [0.1, 0.15) is 11.5 Å². The van der Waals surface area contributed by atoms with Crippen molar-refractivity contribution in [2.45, 2.75) is 5.92 Å². The van der Waals surface area contributed by atoms with Gasteiger partial charge in [0.25, 0.3) is 0 Å². The largest absolute Gasteiger partial charge is 0.457 e. The molecule has 29 heavy (non-hydrogen) atoms. The molecule has 0 aromatic heterocycles. The number of para-hydroxylation sites is 2. The smallest absolute Gasteiger partial charge is 0.233 e. The minimum atomic E-state index is -0.405. The molecule has 1 aliphatic heterocycles. The van der Waals surface area contributed by atoms with Crippen molar-refractivity contribution in [3.8, 4) is 23.3 Å². The second-order valence-corrected chi connectivity index (χ2v) is 7.07. The van der Waals surface area contributed by atoms with Crippen LogP contribution in [0, 0.1) is 11.8 Å². The zero-order valence-electron chi connectivity index (χ0n) is 16.5. The van der Waals surface area contributed by atoms with Crippen molar-refractivity contribution in [1.29, 1.82) is 0 Å². The van der Waals surface area contributed by atoms with Crippen LogP contribution >= 0.6 is 0 Å². The molecule has 4 nitrogen and oxygen atoms in total. The third kappa shape index (κ3) is 3.95. The molecule has 1 N–H and O–H groups in total. The Balaban J connectivity index is 1.48. The molecule has 0 atom stereocenters. The van der Waals surface area contributed by atoms with Crippen molar-refractivity contribution >= 4 is 11.6 Å². The molecule has 0 saturated heterocycles. The number of hydrogen-bond acceptors (Lipinski definition) is 3. The molecule has 4 heteroatoms. The van der Waals surface area contributed by atoms with Crippen LogP contribution < -0.4 is 15.0 Å². The van der Waals surface area contributed by atoms with E-state index in [2.05, 4.69) is 17.2 Å². The lowest BCUT2D eigenvalue weighted by Crippen LogP contribution is -2.31. The van der Waals surface area contributed by atoms with E-state index in [1.54, 1.807) is 0 Å². The van der Waals surface area contributed by atoms with E-state index in [1.807, 2.05) is 91.8 Å². The molecule has 0 radical (unpaired) electrons. The van der Waals surface area contributed by atoms with Crippen LogP contribution in [0.3, 0.4) is 0 Å². The first-order valence-electron chi connectivity index (χ1n) is 9.53. The lowest BCUT2D eigenvalue weighted by molar-refractivity contribution is -0.121. The van der Waals surface area contributed by atoms with Crippen LogP contribution in [0.2, 0.25) is 0 Å². The van der Waals surface area contributed by atoms with Gasteiger partial charge in [-0.3, -0.25) is 4.79 Å². The van der Waals surface area contributed by atoms with Crippen LogP contribution in [0.1, 0.15) is 22.6 Å². The van der Waals surface area contributed by atoms with Gasteiger partial charge in [-0.1, -0.05) is 48.2 Å². The van der Waals surface area contributed by atoms with Crippen LogP contribution in [-0.4, -0.2) is 26.5 Å². The lowest BCUT2D eigenvalue weighted by Gasteiger charge is -2.27. The fourth-order valence-electron chi connectivity index (χ4n) is 3.41. The van der Waals surface area contributed by atoms with E-state index in [4.69, 9.17) is 4.74 Å². The molecule has 1 amide bonds. The number of hydrogen-bond donors (Lipinski definition) is 1. The standard InChI is InChI=1S/C25H22N2O2/c1-27(2)19-15-13-18(14-16-19)8-7-17-26-25(28)24-20-9-3-5-11-22(20)29-23-12-6-4-10-21(23)24/h3-6,9-16,24H,17H2,1-2H3,(H,26,28). The zero-order chi connectivity index (χ0) is 20.2. The highest BCUT2D eigenvalue weighted by molar-refractivity contribution is 5.89. The van der Waals surface area contributed by atoms with Crippen molar-refractivity contribution in [1.82, 2.24) is 5.32 Å². The quantitative estimate of drug-likeness (QED) is 0.692. The Bertz CT molecular complexity index is 1050. The second-order valence-electron chi connectivity index (χ2n) is 7.07. The van der Waals surface area contributed by atoms with Crippen molar-refractivity contribution in [3.05, 3.63) is 89.5 Å². The average Bonchev–Trinajstić information content (AvgIpc) is 2.75. The lowest BCUT2D eigenvalue weighted by atomic mass is 9.87. The third-order valence-electron chi connectivity index (χ3n) is 4.91. The molecule has 1 aliphatic rings. The van der Waals surface area contributed by atoms with Crippen LogP contribution in [-0.2, 0) is 4.79 Å². The molecule has 0 saturated carbocycles. The van der Waals surface area contributed by atoms with Crippen molar-refractivity contribution in [2.24, 2.45) is 0 Å². The third-order valence-corrected chi connectivity index (χ3v) is 4.91. The molecule has 3 aromatic rings. The maximum absolute atomic E-state index is 13.0. The van der Waals surface area contributed by atoms with Crippen LogP contribution in [0.15, 0.2) is 72.8 Å². The van der Waals surface area contributed by atoms with Crippen molar-refractivity contribution in [3.63, 3.8) is 0 Å². The molecule has 0 bridgehead atoms. The van der Waals surface area contributed by atoms with E-state index < -0.39 is 5.92 Å². The second kappa shape index (κ2) is 8.12. The number of amides is 1. The normalized spacial score (nSPS) is 11.9. The highest BCUT2D eigenvalue weighted by Gasteiger charge is 2.31. The predicted molar refractivity (Wildman–Crippen MR) is 115 cm³/mol. The molecule has 0 spiro atoms. The molecule has 0 aliphatic carbocycles. The van der Waals surface area contributed by atoms with Gasteiger partial charge in [0.05, 0.1) is 12.5 Å². The number of nitrogens with one attached hydrogen (secondary N) is 1. The Kier molecular flexibility index (Phi) is 5.22. The Hall–Kier alpha value is -3.71. The monoisotopic (exact) mass is 382 g/mol. The van der Waals surface area contributed by atoms with E-state index in [0.717, 1.165) is 33.9 Å². The number of carbonyl (C=O) groups excluding carboxylic acids is 1. The minimum Gasteiger partial charge on any atom is -0.457 e. The van der Waals surface area contributed by atoms with Gasteiger partial charge in [-0.15, -0.1) is 0 Å². The molecular weight excluding hydrogens is 360 g/mol. The maximum atomic E-state index is 13.0. The summed E-state index contributed by atoms with van der Waals surface area (Å²) in [4.78, 5) is 15.1. The van der Waals surface area contributed by atoms with E-state index in [9.17, 15) is 4.79 Å². The van der Waals surface area contributed by atoms with Gasteiger partial charge in [0.15, 0.2) is 0 Å². The summed E-state index contributed by atoms with van der Waals surface area (Å²) in [6.45, 7) is 0.288. The summed E-state index contributed by atoms with van der Waals surface area (Å²) in [5.41, 5.74) is 3.79. The fraction of sp³-hybridized carbons (Fsp3) is 0.160. The van der Waals surface area contributed by atoms with Crippen LogP contribution in [0.25, 0.3) is 0 Å². The summed E-state index contributed by atoms with van der Waals surface area (Å²) < 4.78 is 5.96. The first-order valence-corrected chi connectivity index (χ1v) is 9.53. The van der Waals surface area contributed by atoms with Gasteiger partial charge in [-0.25, -0.2) is 0 Å². The Labute approximate surface area is 171 Å². The Morgan fingerprint density at radius 2 is 1.52 bits per heavy atom.